The minimum atomic E-state index is 0.254. The molecule has 1 aromatic rings. The number of phenols is 1. The third kappa shape index (κ3) is 2.34. The summed E-state index contributed by atoms with van der Waals surface area (Å²) in [6.45, 7) is 2.04. The van der Waals surface area contributed by atoms with Gasteiger partial charge in [-0.2, -0.15) is 0 Å². The van der Waals surface area contributed by atoms with Gasteiger partial charge in [-0.15, -0.1) is 11.3 Å². The summed E-state index contributed by atoms with van der Waals surface area (Å²) >= 11 is 1.67. The molecule has 0 amide bonds. The average Bonchev–Trinajstić information content (AvgIpc) is 2.44. The van der Waals surface area contributed by atoms with Crippen molar-refractivity contribution in [1.82, 2.24) is 4.98 Å². The van der Waals surface area contributed by atoms with Crippen LogP contribution in [0.3, 0.4) is 0 Å². The Bertz CT molecular complexity index is 867. The molecule has 3 rings (SSSR count). The summed E-state index contributed by atoms with van der Waals surface area (Å²) in [4.78, 5) is 12.0. The lowest BCUT2D eigenvalue weighted by Crippen LogP contribution is -2.09. The van der Waals surface area contributed by atoms with E-state index in [0.29, 0.717) is 0 Å². The topological polar surface area (TPSA) is 48.7 Å². The molecular weight excluding hydrogens is 282 g/mol. The lowest BCUT2D eigenvalue weighted by molar-refractivity contribution is 0.476. The van der Waals surface area contributed by atoms with Crippen molar-refractivity contribution in [3.8, 4) is 16.3 Å². The Morgan fingerprint density at radius 1 is 1.19 bits per heavy atom. The Morgan fingerprint density at radius 3 is 2.62 bits per heavy atom. The second-order valence-electron chi connectivity index (χ2n) is 5.25. The number of aryl methyl sites for hydroxylation is 1. The van der Waals surface area contributed by atoms with Crippen LogP contribution in [0.25, 0.3) is 20.8 Å². The van der Waals surface area contributed by atoms with Gasteiger partial charge < -0.3 is 10.0 Å². The number of hydrogen-bond donors (Lipinski definition) is 1. The van der Waals surface area contributed by atoms with E-state index in [1.807, 2.05) is 38.1 Å². The van der Waals surface area contributed by atoms with E-state index in [0.717, 1.165) is 37.4 Å². The van der Waals surface area contributed by atoms with Gasteiger partial charge in [0.2, 0.25) is 0 Å². The molecule has 0 saturated carbocycles. The molecule has 108 valence electrons. The zero-order valence-electron chi connectivity index (χ0n) is 12.5. The van der Waals surface area contributed by atoms with Crippen molar-refractivity contribution < 1.29 is 5.11 Å². The summed E-state index contributed by atoms with van der Waals surface area (Å²) in [5.41, 5.74) is 3.69. The minimum absolute atomic E-state index is 0.254. The first kappa shape index (κ1) is 13.8. The van der Waals surface area contributed by atoms with Gasteiger partial charge in [-0.3, -0.25) is 4.99 Å². The Balaban J connectivity index is 2.39. The van der Waals surface area contributed by atoms with Crippen LogP contribution in [0.1, 0.15) is 5.56 Å². The lowest BCUT2D eigenvalue weighted by atomic mass is 10.1. The van der Waals surface area contributed by atoms with E-state index in [1.54, 1.807) is 24.5 Å². The fourth-order valence-corrected chi connectivity index (χ4v) is 3.49. The summed E-state index contributed by atoms with van der Waals surface area (Å²) in [7, 11) is 5.62. The molecule has 4 nitrogen and oxygen atoms in total. The summed E-state index contributed by atoms with van der Waals surface area (Å²) in [5.74, 6) is 0.254. The monoisotopic (exact) mass is 299 g/mol. The van der Waals surface area contributed by atoms with Crippen molar-refractivity contribution in [3.63, 3.8) is 0 Å². The fraction of sp³-hybridized carbons (Fsp3) is 0.250. The second kappa shape index (κ2) is 5.00. The predicted octanol–water partition coefficient (Wildman–Crippen LogP) is 3.01. The van der Waals surface area contributed by atoms with E-state index in [4.69, 9.17) is 4.98 Å². The van der Waals surface area contributed by atoms with E-state index in [-0.39, 0.29) is 5.75 Å². The van der Waals surface area contributed by atoms with Crippen LogP contribution in [0.2, 0.25) is 0 Å². The van der Waals surface area contributed by atoms with Crippen LogP contribution in [-0.4, -0.2) is 31.2 Å². The second-order valence-corrected chi connectivity index (χ2v) is 6.33. The van der Waals surface area contributed by atoms with Crippen LogP contribution in [-0.2, 0) is 0 Å². The molecule has 0 radical (unpaired) electrons. The van der Waals surface area contributed by atoms with Crippen molar-refractivity contribution >= 4 is 27.2 Å². The highest BCUT2D eigenvalue weighted by Crippen LogP contribution is 2.37. The molecule has 0 unspecified atom stereocenters. The molecule has 1 heterocycles. The van der Waals surface area contributed by atoms with E-state index < -0.39 is 0 Å². The molecule has 0 aromatic heterocycles. The van der Waals surface area contributed by atoms with Gasteiger partial charge in [-0.25, -0.2) is 4.98 Å². The Hall–Kier alpha value is -2.14. The molecule has 1 aromatic carbocycles. The average molecular weight is 299 g/mol. The summed E-state index contributed by atoms with van der Waals surface area (Å²) in [6.07, 6.45) is 0. The van der Waals surface area contributed by atoms with Crippen molar-refractivity contribution in [2.45, 2.75) is 6.92 Å². The first-order valence-corrected chi connectivity index (χ1v) is 7.49. The number of benzene rings is 2. The normalized spacial score (nSPS) is 12.3. The molecular formula is C16H17N3OS. The molecule has 1 N–H and O–H groups in total. The maximum absolute atomic E-state index is 10.1. The van der Waals surface area contributed by atoms with E-state index in [1.165, 1.54) is 0 Å². The van der Waals surface area contributed by atoms with Gasteiger partial charge in [-0.05, 0) is 30.7 Å². The maximum Gasteiger partial charge on any atom is 0.141 e. The van der Waals surface area contributed by atoms with Gasteiger partial charge in [0.15, 0.2) is 0 Å². The van der Waals surface area contributed by atoms with E-state index in [2.05, 4.69) is 11.1 Å². The van der Waals surface area contributed by atoms with Crippen LogP contribution < -0.4 is 10.3 Å². The highest BCUT2D eigenvalue weighted by molar-refractivity contribution is 7.21. The van der Waals surface area contributed by atoms with Gasteiger partial charge in [0.1, 0.15) is 5.75 Å². The molecule has 21 heavy (non-hydrogen) atoms. The number of anilines is 1. The maximum atomic E-state index is 10.1. The number of hydrogen-bond acceptors (Lipinski definition) is 5. The molecule has 0 fully saturated rings. The Labute approximate surface area is 127 Å². The SMILES string of the molecule is CN=c1cc2sc3cc(N(C)C)c(O)cc3nc-2c(C)c1. The molecule has 0 atom stereocenters. The molecule has 0 bridgehead atoms. The molecule has 5 heteroatoms. The largest absolute Gasteiger partial charge is 0.506 e. The number of fused-ring (bicyclic) bond motifs is 2. The molecule has 0 spiro atoms. The van der Waals surface area contributed by atoms with E-state index in [9.17, 15) is 5.11 Å². The number of nitrogens with zero attached hydrogens (tertiary/aromatic N) is 3. The van der Waals surface area contributed by atoms with Crippen molar-refractivity contribution in [1.29, 1.82) is 0 Å². The van der Waals surface area contributed by atoms with E-state index >= 15 is 0 Å². The summed E-state index contributed by atoms with van der Waals surface area (Å²) < 4.78 is 1.05. The van der Waals surface area contributed by atoms with Crippen LogP contribution in [0.15, 0.2) is 29.3 Å². The van der Waals surface area contributed by atoms with Gasteiger partial charge >= 0.3 is 0 Å². The number of aromatic hydroxyl groups is 1. The van der Waals surface area contributed by atoms with Crippen molar-refractivity contribution in [2.24, 2.45) is 4.99 Å². The lowest BCUT2D eigenvalue weighted by Gasteiger charge is -2.16. The molecule has 1 aliphatic carbocycles. The van der Waals surface area contributed by atoms with Crippen molar-refractivity contribution in [3.05, 3.63) is 35.2 Å². The van der Waals surface area contributed by atoms with Gasteiger partial charge in [-0.1, -0.05) is 0 Å². The molecule has 0 saturated heterocycles. The van der Waals surface area contributed by atoms with Crippen LogP contribution in [0, 0.1) is 6.92 Å². The Kier molecular flexibility index (Phi) is 3.29. The number of rotatable bonds is 1. The number of phenolic OH excluding ortho intramolecular Hbond substituents is 1. The first-order chi connectivity index (χ1) is 9.99. The standard InChI is InChI=1S/C16H17N3OS/c1-9-5-10(17-2)6-15-16(9)18-11-7-13(20)12(19(3)4)8-14(11)21-15/h5-8,20H,1-4H3. The van der Waals surface area contributed by atoms with Crippen LogP contribution >= 0.6 is 11.3 Å². The zero-order valence-corrected chi connectivity index (χ0v) is 13.3. The zero-order chi connectivity index (χ0) is 15.1. The summed E-state index contributed by atoms with van der Waals surface area (Å²) in [6, 6.07) is 7.80. The highest BCUT2D eigenvalue weighted by atomic mass is 32.1. The van der Waals surface area contributed by atoms with Gasteiger partial charge in [0, 0.05) is 27.2 Å². The smallest absolute Gasteiger partial charge is 0.141 e. The predicted molar refractivity (Wildman–Crippen MR) is 88.5 cm³/mol. The quantitative estimate of drug-likeness (QED) is 0.703. The fourth-order valence-electron chi connectivity index (χ4n) is 2.39. The summed E-state index contributed by atoms with van der Waals surface area (Å²) in [5, 5.41) is 11.1. The first-order valence-electron chi connectivity index (χ1n) is 6.68. The third-order valence-electron chi connectivity index (χ3n) is 3.50. The molecule has 1 aliphatic heterocycles. The van der Waals surface area contributed by atoms with Gasteiger partial charge in [0.05, 0.1) is 31.8 Å². The number of aromatic nitrogens is 1. The minimum Gasteiger partial charge on any atom is -0.506 e. The highest BCUT2D eigenvalue weighted by Gasteiger charge is 2.13. The Morgan fingerprint density at radius 2 is 1.95 bits per heavy atom. The third-order valence-corrected chi connectivity index (χ3v) is 4.58. The van der Waals surface area contributed by atoms with Crippen LogP contribution in [0.5, 0.6) is 5.75 Å². The van der Waals surface area contributed by atoms with Gasteiger partial charge in [0.25, 0.3) is 0 Å². The molecule has 2 aliphatic rings. The van der Waals surface area contributed by atoms with Crippen molar-refractivity contribution in [2.75, 3.05) is 26.0 Å². The van der Waals surface area contributed by atoms with Crippen LogP contribution in [0.4, 0.5) is 5.69 Å².